The first-order valence-corrected chi connectivity index (χ1v) is 2.13. The van der Waals surface area contributed by atoms with Crippen LogP contribution in [0.3, 0.4) is 0 Å². The Balaban J connectivity index is 0.000000490. The summed E-state index contributed by atoms with van der Waals surface area (Å²) in [5.41, 5.74) is 0. The molecule has 1 N–H and O–H groups in total. The maximum atomic E-state index is 8.63. The Labute approximate surface area is 81.3 Å². The van der Waals surface area contributed by atoms with Crippen LogP contribution in [-0.2, 0) is 0 Å². The van der Waals surface area contributed by atoms with Crippen LogP contribution in [0.25, 0.3) is 0 Å². The number of hydrogen-bond donors (Lipinski definition) is 1. The molecular formula is C6H6NdO. The van der Waals surface area contributed by atoms with Gasteiger partial charge in [0.25, 0.3) is 0 Å². The maximum absolute atomic E-state index is 8.63. The monoisotopic (exact) mass is 236 g/mol. The SMILES string of the molecule is Oc1ccccc1.[Nd]. The van der Waals surface area contributed by atoms with Gasteiger partial charge in [-0.15, -0.1) is 0 Å². The minimum absolute atomic E-state index is 0. The first-order valence-electron chi connectivity index (χ1n) is 2.13. The second-order valence-electron chi connectivity index (χ2n) is 1.34. The molecule has 0 fully saturated rings. The number of phenolic OH excluding ortho intramolecular Hbond substituents is 1. The number of hydrogen-bond acceptors (Lipinski definition) is 1. The standard InChI is InChI=1S/C6H6O.Nd/c7-6-4-2-1-3-5-6;/h1-5,7H;. The predicted molar refractivity (Wildman–Crippen MR) is 28.1 cm³/mol. The van der Waals surface area contributed by atoms with E-state index in [1.807, 2.05) is 6.07 Å². The average Bonchev–Trinajstić information content (AvgIpc) is 1.69. The van der Waals surface area contributed by atoms with Crippen LogP contribution in [0.15, 0.2) is 30.3 Å². The molecule has 0 aliphatic carbocycles. The number of para-hydroxylation sites is 1. The fraction of sp³-hybridized carbons (Fsp3) is 0. The molecule has 2 heteroatoms. The van der Waals surface area contributed by atoms with Crippen molar-refractivity contribution in [2.24, 2.45) is 0 Å². The summed E-state index contributed by atoms with van der Waals surface area (Å²) in [6, 6.07) is 8.71. The molecule has 8 heavy (non-hydrogen) atoms. The number of benzene rings is 1. The molecular weight excluding hydrogens is 232 g/mol. The van der Waals surface area contributed by atoms with Crippen LogP contribution in [0.5, 0.6) is 5.75 Å². The minimum Gasteiger partial charge on any atom is -0.508 e. The quantitative estimate of drug-likeness (QED) is 0.724. The molecule has 0 aliphatic rings. The van der Waals surface area contributed by atoms with Gasteiger partial charge in [0.15, 0.2) is 0 Å². The molecule has 0 heterocycles. The van der Waals surface area contributed by atoms with Crippen molar-refractivity contribution < 1.29 is 45.9 Å². The number of rotatable bonds is 0. The van der Waals surface area contributed by atoms with Gasteiger partial charge < -0.3 is 5.11 Å². The van der Waals surface area contributed by atoms with Gasteiger partial charge in [-0.3, -0.25) is 0 Å². The van der Waals surface area contributed by atoms with Gasteiger partial charge in [-0.25, -0.2) is 0 Å². The molecule has 1 aromatic rings. The van der Waals surface area contributed by atoms with Crippen molar-refractivity contribution >= 4 is 0 Å². The summed E-state index contributed by atoms with van der Waals surface area (Å²) < 4.78 is 0. The molecule has 1 aromatic carbocycles. The van der Waals surface area contributed by atoms with E-state index in [0.717, 1.165) is 0 Å². The summed E-state index contributed by atoms with van der Waals surface area (Å²) in [4.78, 5) is 0. The van der Waals surface area contributed by atoms with E-state index in [2.05, 4.69) is 0 Å². The molecule has 0 aliphatic heterocycles. The van der Waals surface area contributed by atoms with E-state index in [1.165, 1.54) is 0 Å². The maximum Gasteiger partial charge on any atom is 0.115 e. The van der Waals surface area contributed by atoms with E-state index in [0.29, 0.717) is 5.75 Å². The van der Waals surface area contributed by atoms with Crippen molar-refractivity contribution in [1.82, 2.24) is 0 Å². The van der Waals surface area contributed by atoms with Gasteiger partial charge in [-0.05, 0) is 12.1 Å². The van der Waals surface area contributed by atoms with Gasteiger partial charge in [0, 0.05) is 40.8 Å². The van der Waals surface area contributed by atoms with Crippen LogP contribution < -0.4 is 0 Å². The summed E-state index contributed by atoms with van der Waals surface area (Å²) in [6.45, 7) is 0. The van der Waals surface area contributed by atoms with Gasteiger partial charge in [-0.2, -0.15) is 0 Å². The van der Waals surface area contributed by atoms with Crippen molar-refractivity contribution in [3.63, 3.8) is 0 Å². The Bertz CT molecular complexity index is 138. The summed E-state index contributed by atoms with van der Waals surface area (Å²) in [7, 11) is 0. The van der Waals surface area contributed by atoms with Gasteiger partial charge in [0.1, 0.15) is 5.75 Å². The first kappa shape index (κ1) is 8.37. The van der Waals surface area contributed by atoms with E-state index in [1.54, 1.807) is 24.3 Å². The molecule has 1 rings (SSSR count). The molecule has 0 radical (unpaired) electrons. The van der Waals surface area contributed by atoms with Crippen LogP contribution in [0.4, 0.5) is 0 Å². The molecule has 0 saturated carbocycles. The van der Waals surface area contributed by atoms with Crippen LogP contribution in [0, 0.1) is 40.8 Å². The molecule has 0 bridgehead atoms. The zero-order valence-electron chi connectivity index (χ0n) is 4.33. The summed E-state index contributed by atoms with van der Waals surface area (Å²) in [5, 5.41) is 8.63. The first-order chi connectivity index (χ1) is 3.39. The fourth-order valence-corrected chi connectivity index (χ4v) is 0.428. The van der Waals surface area contributed by atoms with Crippen molar-refractivity contribution in [2.45, 2.75) is 0 Å². The number of aromatic hydroxyl groups is 1. The number of phenols is 1. The van der Waals surface area contributed by atoms with Crippen LogP contribution in [0.1, 0.15) is 0 Å². The van der Waals surface area contributed by atoms with Gasteiger partial charge >= 0.3 is 0 Å². The molecule has 0 unspecified atom stereocenters. The van der Waals surface area contributed by atoms with E-state index in [-0.39, 0.29) is 40.8 Å². The zero-order valence-corrected chi connectivity index (χ0v) is 7.54. The smallest absolute Gasteiger partial charge is 0.115 e. The normalized spacial score (nSPS) is 7.50. The van der Waals surface area contributed by atoms with E-state index < -0.39 is 0 Å². The van der Waals surface area contributed by atoms with Crippen molar-refractivity contribution in [1.29, 1.82) is 0 Å². The average molecular weight is 238 g/mol. The third-order valence-electron chi connectivity index (χ3n) is 0.756. The summed E-state index contributed by atoms with van der Waals surface area (Å²) in [5.74, 6) is 0.322. The van der Waals surface area contributed by atoms with Crippen molar-refractivity contribution in [3.05, 3.63) is 30.3 Å². The Morgan fingerprint density at radius 3 is 1.75 bits per heavy atom. The topological polar surface area (TPSA) is 20.2 Å². The third kappa shape index (κ3) is 2.62. The van der Waals surface area contributed by atoms with E-state index >= 15 is 0 Å². The molecule has 0 atom stereocenters. The minimum atomic E-state index is 0. The molecule has 40 valence electrons. The van der Waals surface area contributed by atoms with E-state index in [4.69, 9.17) is 5.11 Å². The molecule has 0 saturated heterocycles. The Morgan fingerprint density at radius 2 is 1.50 bits per heavy atom. The van der Waals surface area contributed by atoms with Crippen LogP contribution >= 0.6 is 0 Å². The second kappa shape index (κ2) is 4.27. The van der Waals surface area contributed by atoms with Crippen molar-refractivity contribution in [2.75, 3.05) is 0 Å². The van der Waals surface area contributed by atoms with Gasteiger partial charge in [-0.1, -0.05) is 18.2 Å². The fourth-order valence-electron chi connectivity index (χ4n) is 0.428. The second-order valence-corrected chi connectivity index (χ2v) is 1.34. The van der Waals surface area contributed by atoms with Crippen molar-refractivity contribution in [3.8, 4) is 5.75 Å². The third-order valence-corrected chi connectivity index (χ3v) is 0.756. The predicted octanol–water partition coefficient (Wildman–Crippen LogP) is 1.39. The molecule has 0 aromatic heterocycles. The summed E-state index contributed by atoms with van der Waals surface area (Å²) >= 11 is 0. The molecule has 0 amide bonds. The Hall–Kier alpha value is 0.371. The summed E-state index contributed by atoms with van der Waals surface area (Å²) in [6.07, 6.45) is 0. The van der Waals surface area contributed by atoms with Crippen LogP contribution in [0.2, 0.25) is 0 Å². The zero-order chi connectivity index (χ0) is 5.11. The molecule has 1 nitrogen and oxygen atoms in total. The largest absolute Gasteiger partial charge is 0.508 e. The molecule has 0 spiro atoms. The Morgan fingerprint density at radius 1 is 1.00 bits per heavy atom. The van der Waals surface area contributed by atoms with Gasteiger partial charge in [0.2, 0.25) is 0 Å². The van der Waals surface area contributed by atoms with Crippen LogP contribution in [-0.4, -0.2) is 5.11 Å². The Kier molecular flexibility index (Phi) is 4.47. The van der Waals surface area contributed by atoms with Gasteiger partial charge in [0.05, 0.1) is 0 Å². The van der Waals surface area contributed by atoms with E-state index in [9.17, 15) is 0 Å².